The Balaban J connectivity index is 1.21. The van der Waals surface area contributed by atoms with Crippen LogP contribution in [0.25, 0.3) is 114 Å². The summed E-state index contributed by atoms with van der Waals surface area (Å²) < 4.78 is 4.83. The van der Waals surface area contributed by atoms with Gasteiger partial charge in [0.1, 0.15) is 0 Å². The van der Waals surface area contributed by atoms with Gasteiger partial charge in [-0.15, -0.1) is 11.3 Å². The highest BCUT2D eigenvalue weighted by Gasteiger charge is 2.22. The summed E-state index contributed by atoms with van der Waals surface area (Å²) in [7, 11) is 0. The van der Waals surface area contributed by atoms with Crippen molar-refractivity contribution in [3.8, 4) is 39.9 Å². The summed E-state index contributed by atoms with van der Waals surface area (Å²) in [4.78, 5) is 15.8. The van der Waals surface area contributed by atoms with Crippen LogP contribution in [-0.4, -0.2) is 19.5 Å². The van der Waals surface area contributed by atoms with Crippen LogP contribution in [0.2, 0.25) is 0 Å². The number of hydrogen-bond acceptors (Lipinski definition) is 4. The van der Waals surface area contributed by atoms with E-state index in [9.17, 15) is 0 Å². The molecule has 0 bridgehead atoms. The molecule has 0 amide bonds. The first-order valence-corrected chi connectivity index (χ1v) is 19.7. The molecule has 0 atom stereocenters. The molecule has 0 aliphatic heterocycles. The Labute approximate surface area is 325 Å². The zero-order valence-electron chi connectivity index (χ0n) is 30.0. The predicted octanol–water partition coefficient (Wildman–Crippen LogP) is 13.8. The molecule has 5 heteroatoms. The molecular formula is C51H30N4S. The molecule has 4 nitrogen and oxygen atoms in total. The third-order valence-corrected chi connectivity index (χ3v) is 12.4. The van der Waals surface area contributed by atoms with Gasteiger partial charge in [0.2, 0.25) is 0 Å². The maximum Gasteiger partial charge on any atom is 0.165 e. The van der Waals surface area contributed by atoms with Gasteiger partial charge in [0.15, 0.2) is 17.5 Å². The van der Waals surface area contributed by atoms with Gasteiger partial charge in [0, 0.05) is 53.3 Å². The lowest BCUT2D eigenvalue weighted by Gasteiger charge is -2.14. The van der Waals surface area contributed by atoms with Crippen molar-refractivity contribution in [2.24, 2.45) is 0 Å². The van der Waals surface area contributed by atoms with Gasteiger partial charge < -0.3 is 4.57 Å². The Kier molecular flexibility index (Phi) is 6.76. The smallest absolute Gasteiger partial charge is 0.165 e. The van der Waals surface area contributed by atoms with E-state index in [0.717, 1.165) is 48.9 Å². The van der Waals surface area contributed by atoms with Gasteiger partial charge in [-0.25, -0.2) is 15.0 Å². The normalized spacial score (nSPS) is 11.9. The van der Waals surface area contributed by atoms with Crippen molar-refractivity contribution in [2.45, 2.75) is 0 Å². The lowest BCUT2D eigenvalue weighted by Crippen LogP contribution is -2.02. The van der Waals surface area contributed by atoms with Crippen LogP contribution in [-0.2, 0) is 0 Å². The Morgan fingerprint density at radius 3 is 1.61 bits per heavy atom. The van der Waals surface area contributed by atoms with Gasteiger partial charge in [0.05, 0.1) is 11.0 Å². The summed E-state index contributed by atoms with van der Waals surface area (Å²) in [6, 6.07) is 65.0. The zero-order chi connectivity index (χ0) is 36.7. The number of hydrogen-bond donors (Lipinski definition) is 0. The first-order valence-electron chi connectivity index (χ1n) is 18.9. The molecule has 260 valence electrons. The van der Waals surface area contributed by atoms with Gasteiger partial charge in [0.25, 0.3) is 0 Å². The number of aromatic nitrogens is 4. The van der Waals surface area contributed by atoms with Gasteiger partial charge >= 0.3 is 0 Å². The monoisotopic (exact) mass is 730 g/mol. The average molecular weight is 731 g/mol. The van der Waals surface area contributed by atoms with Crippen LogP contribution in [0.15, 0.2) is 182 Å². The van der Waals surface area contributed by atoms with E-state index < -0.39 is 0 Å². The van der Waals surface area contributed by atoms with Crippen molar-refractivity contribution in [3.63, 3.8) is 0 Å². The first kappa shape index (κ1) is 31.2. The van der Waals surface area contributed by atoms with Crippen molar-refractivity contribution in [1.29, 1.82) is 0 Å². The van der Waals surface area contributed by atoms with Crippen LogP contribution in [0.4, 0.5) is 0 Å². The molecule has 3 aromatic heterocycles. The summed E-state index contributed by atoms with van der Waals surface area (Å²) in [6.07, 6.45) is 0. The molecule has 0 saturated heterocycles. The average Bonchev–Trinajstić information content (AvgIpc) is 3.82. The Morgan fingerprint density at radius 1 is 0.375 bits per heavy atom. The summed E-state index contributed by atoms with van der Waals surface area (Å²) >= 11 is 1.80. The van der Waals surface area contributed by atoms with Crippen molar-refractivity contribution in [2.75, 3.05) is 0 Å². The SMILES string of the molecule is c1ccc(-c2nc(-c3cccc4ccccc34)nc(-c3cc(-n4c5ccc6ccccc6c5c5c6ccccc6ccc54)cc4c3sc3ccccc34)n2)cc1. The van der Waals surface area contributed by atoms with Gasteiger partial charge in [-0.2, -0.15) is 0 Å². The molecule has 0 radical (unpaired) electrons. The molecule has 56 heavy (non-hydrogen) atoms. The van der Waals surface area contributed by atoms with E-state index in [1.807, 2.05) is 18.2 Å². The van der Waals surface area contributed by atoms with Crippen LogP contribution in [0.1, 0.15) is 0 Å². The maximum absolute atomic E-state index is 5.37. The molecule has 3 heterocycles. The van der Waals surface area contributed by atoms with Crippen molar-refractivity contribution < 1.29 is 0 Å². The number of benzene rings is 9. The highest BCUT2D eigenvalue weighted by molar-refractivity contribution is 7.26. The summed E-state index contributed by atoms with van der Waals surface area (Å²) in [6.45, 7) is 0. The van der Waals surface area contributed by atoms with Gasteiger partial charge in [-0.3, -0.25) is 0 Å². The molecule has 0 aliphatic carbocycles. The second-order valence-corrected chi connectivity index (χ2v) is 15.4. The van der Waals surface area contributed by atoms with E-state index in [-0.39, 0.29) is 0 Å². The molecule has 0 unspecified atom stereocenters. The van der Waals surface area contributed by atoms with Crippen LogP contribution in [0.3, 0.4) is 0 Å². The van der Waals surface area contributed by atoms with Crippen LogP contribution in [0.5, 0.6) is 0 Å². The first-order chi connectivity index (χ1) is 27.8. The fourth-order valence-corrected chi connectivity index (χ4v) is 9.88. The molecule has 0 saturated carbocycles. The minimum atomic E-state index is 0.646. The second kappa shape index (κ2) is 12.2. The number of rotatable bonds is 4. The van der Waals surface area contributed by atoms with Gasteiger partial charge in [-0.1, -0.05) is 152 Å². The standard InChI is InChI=1S/C51H30N4S/c1-2-16-34(17-3-1)49-52-50(40-23-12-18-31-13-4-7-19-36(31)40)54-51(53-49)42-30-35(29-41-39-22-10-11-24-45(39)56-48(41)42)55-43-27-25-32-14-5-8-20-37(32)46(43)47-38-21-9-6-15-33(38)26-28-44(47)55/h1-30H. The van der Waals surface area contributed by atoms with E-state index >= 15 is 0 Å². The van der Waals surface area contributed by atoms with E-state index in [4.69, 9.17) is 15.0 Å². The molecule has 12 aromatic rings. The van der Waals surface area contributed by atoms with E-state index in [1.165, 1.54) is 47.8 Å². The lowest BCUT2D eigenvalue weighted by molar-refractivity contribution is 1.08. The van der Waals surface area contributed by atoms with E-state index in [2.05, 4.69) is 168 Å². The minimum Gasteiger partial charge on any atom is -0.309 e. The third-order valence-electron chi connectivity index (χ3n) is 11.2. The summed E-state index contributed by atoms with van der Waals surface area (Å²) in [5.41, 5.74) is 6.30. The topological polar surface area (TPSA) is 43.6 Å². The quantitative estimate of drug-likeness (QED) is 0.181. The van der Waals surface area contributed by atoms with Crippen molar-refractivity contribution in [1.82, 2.24) is 19.5 Å². The number of thiophene rings is 1. The highest BCUT2D eigenvalue weighted by Crippen LogP contribution is 2.45. The lowest BCUT2D eigenvalue weighted by atomic mass is 10.00. The Hall–Kier alpha value is -7.21. The zero-order valence-corrected chi connectivity index (χ0v) is 30.8. The maximum atomic E-state index is 5.37. The highest BCUT2D eigenvalue weighted by atomic mass is 32.1. The molecule has 0 fully saturated rings. The largest absolute Gasteiger partial charge is 0.309 e. The second-order valence-electron chi connectivity index (χ2n) is 14.4. The summed E-state index contributed by atoms with van der Waals surface area (Å²) in [5, 5.41) is 12.1. The van der Waals surface area contributed by atoms with Crippen molar-refractivity contribution in [3.05, 3.63) is 182 Å². The molecular weight excluding hydrogens is 701 g/mol. The van der Waals surface area contributed by atoms with Crippen molar-refractivity contribution >= 4 is 85.6 Å². The number of fused-ring (bicyclic) bond motifs is 11. The fraction of sp³-hybridized carbons (Fsp3) is 0. The molecule has 0 spiro atoms. The molecule has 9 aromatic carbocycles. The molecule has 0 aliphatic rings. The number of nitrogens with zero attached hydrogens (tertiary/aromatic N) is 4. The van der Waals surface area contributed by atoms with E-state index in [0.29, 0.717) is 17.5 Å². The van der Waals surface area contributed by atoms with Crippen LogP contribution in [0, 0.1) is 0 Å². The Bertz CT molecular complexity index is 3450. The van der Waals surface area contributed by atoms with Gasteiger partial charge in [-0.05, 0) is 62.6 Å². The predicted molar refractivity (Wildman–Crippen MR) is 236 cm³/mol. The minimum absolute atomic E-state index is 0.646. The fourth-order valence-electron chi connectivity index (χ4n) is 8.69. The van der Waals surface area contributed by atoms with Crippen LogP contribution < -0.4 is 0 Å². The van der Waals surface area contributed by atoms with E-state index in [1.54, 1.807) is 11.3 Å². The summed E-state index contributed by atoms with van der Waals surface area (Å²) in [5.74, 6) is 1.95. The molecule has 12 rings (SSSR count). The Morgan fingerprint density at radius 2 is 0.911 bits per heavy atom. The molecule has 0 N–H and O–H groups in total. The third kappa shape index (κ3) is 4.68. The van der Waals surface area contributed by atoms with Crippen LogP contribution >= 0.6 is 11.3 Å².